The van der Waals surface area contributed by atoms with Crippen molar-refractivity contribution in [2.24, 2.45) is 0 Å². The largest absolute Gasteiger partial charge is 0.494 e. The van der Waals surface area contributed by atoms with E-state index in [2.05, 4.69) is 49.8 Å². The van der Waals surface area contributed by atoms with E-state index in [1.807, 2.05) is 11.6 Å². The maximum atomic E-state index is 14.0. The van der Waals surface area contributed by atoms with Crippen LogP contribution in [0.1, 0.15) is 54.3 Å². The first-order valence-electron chi connectivity index (χ1n) is 11.5. The molecule has 4 aromatic rings. The van der Waals surface area contributed by atoms with Crippen molar-refractivity contribution < 1.29 is 9.90 Å². The van der Waals surface area contributed by atoms with Crippen LogP contribution in [-0.2, 0) is 11.2 Å². The number of aromatic hydroxyl groups is 1. The van der Waals surface area contributed by atoms with Gasteiger partial charge in [0, 0.05) is 41.4 Å². The monoisotopic (exact) mass is 478 g/mol. The number of rotatable bonds is 4. The predicted molar refractivity (Wildman–Crippen MR) is 133 cm³/mol. The van der Waals surface area contributed by atoms with E-state index in [0.29, 0.717) is 12.8 Å². The molecule has 1 saturated carbocycles. The van der Waals surface area contributed by atoms with Crippen LogP contribution in [0.5, 0.6) is 5.88 Å². The van der Waals surface area contributed by atoms with E-state index < -0.39 is 0 Å². The second-order valence-corrected chi connectivity index (χ2v) is 10.8. The fourth-order valence-electron chi connectivity index (χ4n) is 5.55. The SMILES string of the molecule is O=C(CCc1nccs1)N1[C@H](c2cccc3ccsc23)c2c(c[nH]c2O)N[C@@H]2CCCC[C@H]21. The van der Waals surface area contributed by atoms with E-state index in [-0.39, 0.29) is 29.9 Å². The number of nitrogens with one attached hydrogen (secondary N) is 2. The topological polar surface area (TPSA) is 81.2 Å². The molecule has 1 aliphatic heterocycles. The number of thiophene rings is 1. The number of hydrogen-bond acceptors (Lipinski definition) is 6. The van der Waals surface area contributed by atoms with Crippen molar-refractivity contribution >= 4 is 44.4 Å². The summed E-state index contributed by atoms with van der Waals surface area (Å²) in [6.45, 7) is 0. The van der Waals surface area contributed by atoms with Crippen molar-refractivity contribution in [2.75, 3.05) is 5.32 Å². The summed E-state index contributed by atoms with van der Waals surface area (Å²) in [5, 5.41) is 20.8. The summed E-state index contributed by atoms with van der Waals surface area (Å²) in [7, 11) is 0. The molecule has 8 heteroatoms. The highest BCUT2D eigenvalue weighted by molar-refractivity contribution is 7.17. The van der Waals surface area contributed by atoms with Crippen LogP contribution < -0.4 is 5.32 Å². The van der Waals surface area contributed by atoms with Crippen molar-refractivity contribution in [3.8, 4) is 5.88 Å². The lowest BCUT2D eigenvalue weighted by Gasteiger charge is -2.42. The van der Waals surface area contributed by atoms with E-state index in [0.717, 1.165) is 47.5 Å². The minimum atomic E-state index is -0.349. The van der Waals surface area contributed by atoms with Gasteiger partial charge in [0.25, 0.3) is 0 Å². The standard InChI is InChI=1S/C25H26N4O2S2/c30-21(9-8-20-26-11-13-32-20)29-19-7-2-1-6-17(19)28-18-14-27-25(31)22(18)23(29)16-5-3-4-15-10-12-33-24(15)16/h3-5,10-14,17,19,23,27-28,31H,1-2,6-9H2/t17-,19-,23-/m1/s1. The lowest BCUT2D eigenvalue weighted by molar-refractivity contribution is -0.136. The van der Waals surface area contributed by atoms with Gasteiger partial charge in [-0.05, 0) is 35.2 Å². The van der Waals surface area contributed by atoms with Crippen LogP contribution in [0.4, 0.5) is 5.69 Å². The molecular weight excluding hydrogens is 452 g/mol. The third kappa shape index (κ3) is 3.61. The molecule has 6 nitrogen and oxygen atoms in total. The number of amides is 1. The quantitative estimate of drug-likeness (QED) is 0.353. The Morgan fingerprint density at radius 1 is 1.18 bits per heavy atom. The number of anilines is 1. The summed E-state index contributed by atoms with van der Waals surface area (Å²) in [6, 6.07) is 8.30. The molecule has 0 spiro atoms. The molecular formula is C25H26N4O2S2. The van der Waals surface area contributed by atoms with Gasteiger partial charge in [-0.15, -0.1) is 22.7 Å². The molecule has 1 aromatic carbocycles. The zero-order valence-electron chi connectivity index (χ0n) is 18.2. The molecule has 3 aromatic heterocycles. The fourth-order valence-corrected chi connectivity index (χ4v) is 7.11. The van der Waals surface area contributed by atoms with Crippen LogP contribution in [0.25, 0.3) is 10.1 Å². The Bertz CT molecular complexity index is 1280. The third-order valence-electron chi connectivity index (χ3n) is 7.01. The molecule has 33 heavy (non-hydrogen) atoms. The van der Waals surface area contributed by atoms with Gasteiger partial charge in [0.2, 0.25) is 5.91 Å². The normalized spacial score (nSPS) is 22.4. The number of fused-ring (bicyclic) bond motifs is 3. The Labute approximate surface area is 200 Å². The Morgan fingerprint density at radius 2 is 2.09 bits per heavy atom. The summed E-state index contributed by atoms with van der Waals surface area (Å²) >= 11 is 3.29. The van der Waals surface area contributed by atoms with Gasteiger partial charge in [-0.25, -0.2) is 4.98 Å². The van der Waals surface area contributed by atoms with Gasteiger partial charge in [0.05, 0.1) is 28.3 Å². The number of nitrogens with zero attached hydrogens (tertiary/aromatic N) is 2. The third-order valence-corrected chi connectivity index (χ3v) is 8.82. The van der Waals surface area contributed by atoms with Gasteiger partial charge in [-0.1, -0.05) is 31.0 Å². The van der Waals surface area contributed by atoms with Crippen molar-refractivity contribution in [1.82, 2.24) is 14.9 Å². The highest BCUT2D eigenvalue weighted by Crippen LogP contribution is 2.47. The molecule has 2 aliphatic rings. The molecule has 1 fully saturated rings. The Balaban J connectivity index is 1.50. The molecule has 1 aliphatic carbocycles. The van der Waals surface area contributed by atoms with Crippen molar-refractivity contribution in [2.45, 2.75) is 56.7 Å². The molecule has 6 rings (SSSR count). The highest BCUT2D eigenvalue weighted by Gasteiger charge is 2.43. The first-order chi connectivity index (χ1) is 16.2. The number of carbonyl (C=O) groups is 1. The lowest BCUT2D eigenvalue weighted by atomic mass is 9.87. The number of H-pyrrole nitrogens is 1. The number of aryl methyl sites for hydroxylation is 1. The van der Waals surface area contributed by atoms with Crippen molar-refractivity contribution in [1.29, 1.82) is 0 Å². The maximum Gasteiger partial charge on any atom is 0.224 e. The average molecular weight is 479 g/mol. The molecule has 1 amide bonds. The number of aromatic amines is 1. The van der Waals surface area contributed by atoms with Crippen LogP contribution in [0.2, 0.25) is 0 Å². The number of hydrogen-bond donors (Lipinski definition) is 3. The van der Waals surface area contributed by atoms with Crippen molar-refractivity contribution in [3.05, 3.63) is 63.6 Å². The summed E-state index contributed by atoms with van der Waals surface area (Å²) in [5.41, 5.74) is 2.75. The average Bonchev–Trinajstić information content (AvgIpc) is 3.57. The zero-order chi connectivity index (χ0) is 22.4. The fraction of sp³-hybridized carbons (Fsp3) is 0.360. The minimum absolute atomic E-state index is 0.0783. The molecule has 0 radical (unpaired) electrons. The molecule has 3 N–H and O–H groups in total. The smallest absolute Gasteiger partial charge is 0.224 e. The second-order valence-electron chi connectivity index (χ2n) is 8.88. The Hall–Kier alpha value is -2.84. The van der Waals surface area contributed by atoms with Gasteiger partial charge >= 0.3 is 0 Å². The number of benzene rings is 1. The Kier molecular flexibility index (Phi) is 5.34. The first-order valence-corrected chi connectivity index (χ1v) is 13.3. The molecule has 170 valence electrons. The van der Waals surface area contributed by atoms with Gasteiger partial charge < -0.3 is 20.3 Å². The van der Waals surface area contributed by atoms with Crippen LogP contribution in [0.3, 0.4) is 0 Å². The lowest BCUT2D eigenvalue weighted by Crippen LogP contribution is -2.51. The molecule has 4 heterocycles. The van der Waals surface area contributed by atoms with E-state index in [1.165, 1.54) is 10.1 Å². The zero-order valence-corrected chi connectivity index (χ0v) is 19.8. The summed E-state index contributed by atoms with van der Waals surface area (Å²) in [6.07, 6.45) is 8.93. The van der Waals surface area contributed by atoms with Gasteiger partial charge in [-0.3, -0.25) is 4.79 Å². The number of aromatic nitrogens is 2. The van der Waals surface area contributed by atoms with E-state index in [1.54, 1.807) is 28.9 Å². The second kappa shape index (κ2) is 8.50. The first kappa shape index (κ1) is 20.7. The molecule has 0 unspecified atom stereocenters. The van der Waals surface area contributed by atoms with E-state index in [4.69, 9.17) is 0 Å². The summed E-state index contributed by atoms with van der Waals surface area (Å²) in [4.78, 5) is 23.5. The maximum absolute atomic E-state index is 14.0. The van der Waals surface area contributed by atoms with Crippen LogP contribution in [0.15, 0.2) is 47.4 Å². The van der Waals surface area contributed by atoms with E-state index >= 15 is 0 Å². The van der Waals surface area contributed by atoms with Crippen LogP contribution in [-0.4, -0.2) is 38.0 Å². The number of thiazole rings is 1. The molecule has 3 atom stereocenters. The van der Waals surface area contributed by atoms with Crippen LogP contribution >= 0.6 is 22.7 Å². The molecule has 0 bridgehead atoms. The van der Waals surface area contributed by atoms with Gasteiger partial charge in [-0.2, -0.15) is 0 Å². The van der Waals surface area contributed by atoms with Gasteiger partial charge in [0.1, 0.15) is 0 Å². The number of carbonyl (C=O) groups excluding carboxylic acids is 1. The van der Waals surface area contributed by atoms with Crippen molar-refractivity contribution in [3.63, 3.8) is 0 Å². The Morgan fingerprint density at radius 3 is 2.97 bits per heavy atom. The summed E-state index contributed by atoms with van der Waals surface area (Å²) < 4.78 is 1.17. The highest BCUT2D eigenvalue weighted by atomic mass is 32.1. The minimum Gasteiger partial charge on any atom is -0.494 e. The molecule has 0 saturated heterocycles. The van der Waals surface area contributed by atoms with Gasteiger partial charge in [0.15, 0.2) is 5.88 Å². The van der Waals surface area contributed by atoms with Crippen LogP contribution in [0, 0.1) is 0 Å². The van der Waals surface area contributed by atoms with E-state index in [9.17, 15) is 9.90 Å². The summed E-state index contributed by atoms with van der Waals surface area (Å²) in [5.74, 6) is 0.253. The predicted octanol–water partition coefficient (Wildman–Crippen LogP) is 5.68.